The summed E-state index contributed by atoms with van der Waals surface area (Å²) in [4.78, 5) is 24.8. The molecule has 180 valence electrons. The molecule has 2 N–H and O–H groups in total. The van der Waals surface area contributed by atoms with E-state index >= 15 is 0 Å². The van der Waals surface area contributed by atoms with Gasteiger partial charge in [-0.15, -0.1) is 0 Å². The number of carbonyl (C=O) groups excluding carboxylic acids is 1. The van der Waals surface area contributed by atoms with Gasteiger partial charge in [-0.1, -0.05) is 54.8 Å². The average molecular weight is 504 g/mol. The zero-order valence-corrected chi connectivity index (χ0v) is 19.6. The number of carboxylic acid groups (broad SMARTS) is 1. The zero-order valence-electron chi connectivity index (χ0n) is 18.0. The molecular weight excluding hydrogens is 478 g/mol. The summed E-state index contributed by atoms with van der Waals surface area (Å²) < 4.78 is 40.7. The van der Waals surface area contributed by atoms with E-state index in [9.17, 15) is 27.9 Å². The Bertz CT molecular complexity index is 957. The summed E-state index contributed by atoms with van der Waals surface area (Å²) in [6.07, 6.45) is 3.25. The summed E-state index contributed by atoms with van der Waals surface area (Å²) in [6, 6.07) is 4.76. The maximum absolute atomic E-state index is 13.6. The minimum absolute atomic E-state index is 0.103. The number of aliphatic carboxylic acids is 1. The fourth-order valence-corrected chi connectivity index (χ4v) is 4.76. The van der Waals surface area contributed by atoms with Gasteiger partial charge in [-0.25, -0.2) is 0 Å². The Hall–Kier alpha value is -1.99. The molecule has 0 bridgehead atoms. The number of nitrogens with one attached hydrogen (secondary N) is 1. The maximum Gasteiger partial charge on any atom is 0.392 e. The van der Waals surface area contributed by atoms with E-state index in [1.165, 1.54) is 18.2 Å². The van der Waals surface area contributed by atoms with Gasteiger partial charge in [-0.05, 0) is 61.3 Å². The van der Waals surface area contributed by atoms with Crippen molar-refractivity contribution in [2.24, 2.45) is 29.6 Å². The number of benzene rings is 1. The van der Waals surface area contributed by atoms with Crippen LogP contribution in [0, 0.1) is 29.6 Å². The van der Waals surface area contributed by atoms with Crippen molar-refractivity contribution in [3.05, 3.63) is 52.0 Å². The maximum atomic E-state index is 13.6. The van der Waals surface area contributed by atoms with Gasteiger partial charge in [-0.2, -0.15) is 13.2 Å². The molecular formula is C24H26Cl2F3NO3. The molecule has 33 heavy (non-hydrogen) atoms. The highest BCUT2D eigenvalue weighted by Gasteiger charge is 2.47. The Labute approximate surface area is 200 Å². The number of alkyl halides is 3. The summed E-state index contributed by atoms with van der Waals surface area (Å²) in [5.74, 6) is -6.08. The molecule has 1 saturated carbocycles. The normalized spacial score (nSPS) is 21.5. The molecule has 9 heteroatoms. The van der Waals surface area contributed by atoms with Crippen LogP contribution in [-0.4, -0.2) is 23.2 Å². The molecule has 0 radical (unpaired) electrons. The summed E-state index contributed by atoms with van der Waals surface area (Å²) in [6.45, 7) is 0.992. The molecule has 1 aromatic rings. The van der Waals surface area contributed by atoms with E-state index < -0.39 is 41.7 Å². The van der Waals surface area contributed by atoms with Gasteiger partial charge < -0.3 is 10.4 Å². The number of anilines is 1. The quantitative estimate of drug-likeness (QED) is 0.408. The Morgan fingerprint density at radius 3 is 2.45 bits per heavy atom. The van der Waals surface area contributed by atoms with Gasteiger partial charge in [0.1, 0.15) is 0 Å². The molecule has 2 aliphatic rings. The number of hydrogen-bond donors (Lipinski definition) is 2. The number of halogens is 5. The third-order valence-corrected chi connectivity index (χ3v) is 7.30. The van der Waals surface area contributed by atoms with Crippen molar-refractivity contribution in [2.45, 2.75) is 45.2 Å². The fourth-order valence-electron chi connectivity index (χ4n) is 4.44. The molecule has 0 spiro atoms. The topological polar surface area (TPSA) is 66.4 Å². The molecule has 1 aromatic carbocycles. The lowest BCUT2D eigenvalue weighted by atomic mass is 9.73. The number of carbonyl (C=O) groups is 2. The first-order valence-corrected chi connectivity index (χ1v) is 11.7. The number of amides is 1. The van der Waals surface area contributed by atoms with Crippen molar-refractivity contribution in [2.75, 3.05) is 5.32 Å². The van der Waals surface area contributed by atoms with E-state index in [0.717, 1.165) is 26.2 Å². The van der Waals surface area contributed by atoms with E-state index in [1.807, 2.05) is 0 Å². The van der Waals surface area contributed by atoms with Gasteiger partial charge in [0.25, 0.3) is 0 Å². The van der Waals surface area contributed by atoms with Crippen LogP contribution in [0.4, 0.5) is 18.9 Å². The fraction of sp³-hybridized carbons (Fsp3) is 0.500. The van der Waals surface area contributed by atoms with Gasteiger partial charge in [-0.3, -0.25) is 9.59 Å². The summed E-state index contributed by atoms with van der Waals surface area (Å²) in [7, 11) is 0. The van der Waals surface area contributed by atoms with Crippen molar-refractivity contribution in [3.8, 4) is 0 Å². The lowest BCUT2D eigenvalue weighted by Gasteiger charge is -2.32. The molecule has 2 unspecified atom stereocenters. The predicted octanol–water partition coefficient (Wildman–Crippen LogP) is 6.84. The monoisotopic (exact) mass is 503 g/mol. The van der Waals surface area contributed by atoms with Crippen LogP contribution in [0.5, 0.6) is 0 Å². The van der Waals surface area contributed by atoms with Gasteiger partial charge >= 0.3 is 12.1 Å². The van der Waals surface area contributed by atoms with Crippen LogP contribution in [0.3, 0.4) is 0 Å². The Morgan fingerprint density at radius 2 is 1.94 bits per heavy atom. The van der Waals surface area contributed by atoms with Gasteiger partial charge in [0, 0.05) is 5.03 Å². The number of rotatable bonds is 8. The van der Waals surface area contributed by atoms with Gasteiger partial charge in [0.05, 0.1) is 28.5 Å². The molecule has 0 saturated heterocycles. The SMILES string of the molecule is C[C@H]([C@H](C(=O)Nc1cc(CC(C(=O)O)C2CCC2)ccc1Cl)C1C=CC(Cl)=CC1)C(F)(F)F. The van der Waals surface area contributed by atoms with Crippen molar-refractivity contribution in [3.63, 3.8) is 0 Å². The third-order valence-electron chi connectivity index (χ3n) is 6.69. The average Bonchev–Trinajstić information content (AvgIpc) is 2.69. The van der Waals surface area contributed by atoms with Crippen LogP contribution >= 0.6 is 23.2 Å². The first-order valence-electron chi connectivity index (χ1n) is 10.9. The van der Waals surface area contributed by atoms with Crippen molar-refractivity contribution in [1.29, 1.82) is 0 Å². The second-order valence-corrected chi connectivity index (χ2v) is 9.69. The predicted molar refractivity (Wildman–Crippen MR) is 122 cm³/mol. The second kappa shape index (κ2) is 10.5. The molecule has 0 aromatic heterocycles. The van der Waals surface area contributed by atoms with E-state index in [1.54, 1.807) is 18.2 Å². The highest BCUT2D eigenvalue weighted by Crippen LogP contribution is 2.40. The van der Waals surface area contributed by atoms with E-state index in [2.05, 4.69) is 5.32 Å². The van der Waals surface area contributed by atoms with Crippen LogP contribution in [0.1, 0.15) is 38.2 Å². The van der Waals surface area contributed by atoms with Crippen LogP contribution in [-0.2, 0) is 16.0 Å². The highest BCUT2D eigenvalue weighted by atomic mass is 35.5. The minimum atomic E-state index is -4.57. The van der Waals surface area contributed by atoms with Crippen LogP contribution < -0.4 is 5.32 Å². The molecule has 1 amide bonds. The molecule has 4 nitrogen and oxygen atoms in total. The molecule has 0 aliphatic heterocycles. The minimum Gasteiger partial charge on any atom is -0.481 e. The van der Waals surface area contributed by atoms with Gasteiger partial charge in [0.2, 0.25) is 5.91 Å². The smallest absolute Gasteiger partial charge is 0.392 e. The second-order valence-electron chi connectivity index (χ2n) is 8.85. The Kier molecular flexibility index (Phi) is 8.17. The summed E-state index contributed by atoms with van der Waals surface area (Å²) in [5.41, 5.74) is 0.825. The van der Waals surface area contributed by atoms with E-state index in [0.29, 0.717) is 10.6 Å². The van der Waals surface area contributed by atoms with Crippen molar-refractivity contribution < 1.29 is 27.9 Å². The first-order chi connectivity index (χ1) is 15.5. The summed E-state index contributed by atoms with van der Waals surface area (Å²) in [5, 5.41) is 12.7. The van der Waals surface area contributed by atoms with Crippen LogP contribution in [0.2, 0.25) is 5.02 Å². The number of carboxylic acids is 1. The Morgan fingerprint density at radius 1 is 1.24 bits per heavy atom. The first kappa shape index (κ1) is 25.6. The van der Waals surface area contributed by atoms with Gasteiger partial charge in [0.15, 0.2) is 0 Å². The van der Waals surface area contributed by atoms with E-state index in [-0.39, 0.29) is 29.5 Å². The molecule has 1 fully saturated rings. The van der Waals surface area contributed by atoms with Crippen molar-refractivity contribution in [1.82, 2.24) is 0 Å². The Balaban J connectivity index is 1.82. The third kappa shape index (κ3) is 6.33. The van der Waals surface area contributed by atoms with E-state index in [4.69, 9.17) is 23.2 Å². The molecule has 2 aliphatic carbocycles. The molecule has 3 rings (SSSR count). The zero-order chi connectivity index (χ0) is 24.3. The largest absolute Gasteiger partial charge is 0.481 e. The highest BCUT2D eigenvalue weighted by molar-refractivity contribution is 6.33. The standard InChI is InChI=1S/C24H26Cl2F3NO3/c1-13(24(27,28)29)21(16-6-8-17(25)9-7-16)22(31)30-20-12-14(5-10-19(20)26)11-18(23(32)33)15-3-2-4-15/h5-6,8-10,12-13,15-16,18,21H,2-4,7,11H2,1H3,(H,30,31)(H,32,33)/t13-,16?,18?,21+/m1/s1. The molecule has 0 heterocycles. The molecule has 4 atom stereocenters. The summed E-state index contributed by atoms with van der Waals surface area (Å²) >= 11 is 12.1. The lowest BCUT2D eigenvalue weighted by molar-refractivity contribution is -0.188. The van der Waals surface area contributed by atoms with Crippen LogP contribution in [0.25, 0.3) is 0 Å². The number of hydrogen-bond acceptors (Lipinski definition) is 2. The van der Waals surface area contributed by atoms with Crippen LogP contribution in [0.15, 0.2) is 41.5 Å². The lowest BCUT2D eigenvalue weighted by Crippen LogP contribution is -2.40. The van der Waals surface area contributed by atoms with Crippen molar-refractivity contribution >= 4 is 40.8 Å². The number of allylic oxidation sites excluding steroid dienone is 4.